The van der Waals surface area contributed by atoms with Gasteiger partial charge in [-0.3, -0.25) is 10.1 Å². The second kappa shape index (κ2) is 6.16. The SMILES string of the molecule is C=CC[C@H](N)c1cccc([N+](=O)[O-])c1.Cl. The lowest BCUT2D eigenvalue weighted by Gasteiger charge is -2.08. The summed E-state index contributed by atoms with van der Waals surface area (Å²) in [6, 6.07) is 6.14. The highest BCUT2D eigenvalue weighted by Crippen LogP contribution is 2.19. The average Bonchev–Trinajstić information content (AvgIpc) is 2.18. The Labute approximate surface area is 94.3 Å². The fourth-order valence-electron chi connectivity index (χ4n) is 1.18. The van der Waals surface area contributed by atoms with E-state index in [1.165, 1.54) is 12.1 Å². The van der Waals surface area contributed by atoms with E-state index in [1.54, 1.807) is 18.2 Å². The van der Waals surface area contributed by atoms with Crippen molar-refractivity contribution in [1.29, 1.82) is 0 Å². The van der Waals surface area contributed by atoms with E-state index in [9.17, 15) is 10.1 Å². The molecule has 15 heavy (non-hydrogen) atoms. The maximum Gasteiger partial charge on any atom is 0.269 e. The molecule has 1 aromatic carbocycles. The monoisotopic (exact) mass is 228 g/mol. The van der Waals surface area contributed by atoms with Gasteiger partial charge in [-0.15, -0.1) is 19.0 Å². The molecule has 1 aromatic rings. The van der Waals surface area contributed by atoms with Crippen LogP contribution in [0.1, 0.15) is 18.0 Å². The molecule has 0 saturated heterocycles. The third-order valence-electron chi connectivity index (χ3n) is 1.93. The van der Waals surface area contributed by atoms with Crippen molar-refractivity contribution in [1.82, 2.24) is 0 Å². The summed E-state index contributed by atoms with van der Waals surface area (Å²) in [6.07, 6.45) is 2.31. The van der Waals surface area contributed by atoms with Gasteiger partial charge in [-0.1, -0.05) is 18.2 Å². The molecule has 1 atom stereocenters. The summed E-state index contributed by atoms with van der Waals surface area (Å²) < 4.78 is 0. The van der Waals surface area contributed by atoms with Crippen molar-refractivity contribution in [2.45, 2.75) is 12.5 Å². The zero-order chi connectivity index (χ0) is 10.6. The quantitative estimate of drug-likeness (QED) is 0.489. The third kappa shape index (κ3) is 3.69. The van der Waals surface area contributed by atoms with Gasteiger partial charge in [0.1, 0.15) is 0 Å². The van der Waals surface area contributed by atoms with E-state index in [0.717, 1.165) is 5.56 Å². The molecule has 4 nitrogen and oxygen atoms in total. The van der Waals surface area contributed by atoms with Crippen molar-refractivity contribution in [3.63, 3.8) is 0 Å². The van der Waals surface area contributed by atoms with Gasteiger partial charge in [0.2, 0.25) is 0 Å². The Hall–Kier alpha value is -1.39. The van der Waals surface area contributed by atoms with Crippen LogP contribution in [-0.4, -0.2) is 4.92 Å². The molecule has 0 aliphatic carbocycles. The van der Waals surface area contributed by atoms with E-state index in [2.05, 4.69) is 6.58 Å². The van der Waals surface area contributed by atoms with E-state index in [-0.39, 0.29) is 24.1 Å². The van der Waals surface area contributed by atoms with Gasteiger partial charge in [0.05, 0.1) is 4.92 Å². The lowest BCUT2D eigenvalue weighted by atomic mass is 10.0. The summed E-state index contributed by atoms with van der Waals surface area (Å²) >= 11 is 0. The van der Waals surface area contributed by atoms with Crippen LogP contribution >= 0.6 is 12.4 Å². The number of nitrogens with zero attached hydrogens (tertiary/aromatic N) is 1. The minimum absolute atomic E-state index is 0. The van der Waals surface area contributed by atoms with E-state index in [4.69, 9.17) is 5.73 Å². The highest BCUT2D eigenvalue weighted by atomic mass is 35.5. The zero-order valence-electron chi connectivity index (χ0n) is 8.13. The number of rotatable bonds is 4. The first-order chi connectivity index (χ1) is 6.65. The molecule has 0 bridgehead atoms. The normalized spacial score (nSPS) is 11.3. The maximum absolute atomic E-state index is 10.5. The van der Waals surface area contributed by atoms with Crippen molar-refractivity contribution in [3.05, 3.63) is 52.6 Å². The topological polar surface area (TPSA) is 69.2 Å². The lowest BCUT2D eigenvalue weighted by molar-refractivity contribution is -0.384. The van der Waals surface area contributed by atoms with Crippen LogP contribution in [0, 0.1) is 10.1 Å². The molecule has 0 aliphatic heterocycles. The van der Waals surface area contributed by atoms with Crippen LogP contribution < -0.4 is 5.73 Å². The van der Waals surface area contributed by atoms with Crippen LogP contribution in [0.5, 0.6) is 0 Å². The molecule has 0 fully saturated rings. The van der Waals surface area contributed by atoms with E-state index in [1.807, 2.05) is 0 Å². The van der Waals surface area contributed by atoms with Gasteiger partial charge < -0.3 is 5.73 Å². The molecular weight excluding hydrogens is 216 g/mol. The molecule has 0 heterocycles. The molecular formula is C10H13ClN2O2. The van der Waals surface area contributed by atoms with Gasteiger partial charge in [0.25, 0.3) is 5.69 Å². The fraction of sp³-hybridized carbons (Fsp3) is 0.200. The van der Waals surface area contributed by atoms with Crippen LogP contribution in [0.2, 0.25) is 0 Å². The van der Waals surface area contributed by atoms with Gasteiger partial charge in [-0.25, -0.2) is 0 Å². The fourth-order valence-corrected chi connectivity index (χ4v) is 1.18. The van der Waals surface area contributed by atoms with Crippen LogP contribution in [0.4, 0.5) is 5.69 Å². The number of nitro groups is 1. The van der Waals surface area contributed by atoms with Crippen LogP contribution in [-0.2, 0) is 0 Å². The standard InChI is InChI=1S/C10H12N2O2.ClH/c1-2-4-10(11)8-5-3-6-9(7-8)12(13)14;/h2-3,5-7,10H,1,4,11H2;1H/t10-;/m0./s1. The molecule has 0 saturated carbocycles. The molecule has 0 unspecified atom stereocenters. The number of nitro benzene ring substituents is 1. The van der Waals surface area contributed by atoms with Crippen LogP contribution in [0.3, 0.4) is 0 Å². The minimum Gasteiger partial charge on any atom is -0.324 e. The summed E-state index contributed by atoms with van der Waals surface area (Å²) in [5.74, 6) is 0. The Morgan fingerprint density at radius 3 is 2.80 bits per heavy atom. The molecule has 0 spiro atoms. The zero-order valence-corrected chi connectivity index (χ0v) is 8.94. The Kier molecular flexibility index (Phi) is 5.59. The Bertz CT molecular complexity index is 355. The van der Waals surface area contributed by atoms with Crippen molar-refractivity contribution >= 4 is 18.1 Å². The Balaban J connectivity index is 0.00000196. The van der Waals surface area contributed by atoms with Crippen LogP contribution in [0.25, 0.3) is 0 Å². The van der Waals surface area contributed by atoms with Crippen LogP contribution in [0.15, 0.2) is 36.9 Å². The number of halogens is 1. The molecule has 1 rings (SSSR count). The number of benzene rings is 1. The summed E-state index contributed by atoms with van der Waals surface area (Å²) in [5.41, 5.74) is 6.62. The summed E-state index contributed by atoms with van der Waals surface area (Å²) in [5, 5.41) is 10.5. The molecule has 0 aliphatic rings. The minimum atomic E-state index is -0.426. The van der Waals surface area contributed by atoms with Crippen molar-refractivity contribution < 1.29 is 4.92 Å². The molecule has 0 radical (unpaired) electrons. The van der Waals surface area contributed by atoms with Gasteiger partial charge in [0, 0.05) is 18.2 Å². The molecule has 0 aromatic heterocycles. The predicted octanol–water partition coefficient (Wildman–Crippen LogP) is 2.59. The molecule has 82 valence electrons. The van der Waals surface area contributed by atoms with Crippen molar-refractivity contribution in [2.24, 2.45) is 5.73 Å². The number of hydrogen-bond acceptors (Lipinski definition) is 3. The molecule has 5 heteroatoms. The lowest BCUT2D eigenvalue weighted by Crippen LogP contribution is -2.09. The van der Waals surface area contributed by atoms with Gasteiger partial charge in [-0.05, 0) is 12.0 Å². The summed E-state index contributed by atoms with van der Waals surface area (Å²) in [7, 11) is 0. The van der Waals surface area contributed by atoms with Crippen molar-refractivity contribution in [2.75, 3.05) is 0 Å². The summed E-state index contributed by atoms with van der Waals surface area (Å²) in [4.78, 5) is 10.1. The summed E-state index contributed by atoms with van der Waals surface area (Å²) in [6.45, 7) is 3.57. The first-order valence-electron chi connectivity index (χ1n) is 4.26. The first-order valence-corrected chi connectivity index (χ1v) is 4.26. The smallest absolute Gasteiger partial charge is 0.269 e. The second-order valence-corrected chi connectivity index (χ2v) is 2.98. The predicted molar refractivity (Wildman–Crippen MR) is 62.1 cm³/mol. The Morgan fingerprint density at radius 1 is 1.60 bits per heavy atom. The number of nitrogens with two attached hydrogens (primary N) is 1. The highest BCUT2D eigenvalue weighted by Gasteiger charge is 2.09. The van der Waals surface area contributed by atoms with Gasteiger partial charge in [-0.2, -0.15) is 0 Å². The third-order valence-corrected chi connectivity index (χ3v) is 1.93. The van der Waals surface area contributed by atoms with E-state index < -0.39 is 4.92 Å². The Morgan fingerprint density at radius 2 is 2.27 bits per heavy atom. The van der Waals surface area contributed by atoms with Crippen molar-refractivity contribution in [3.8, 4) is 0 Å². The largest absolute Gasteiger partial charge is 0.324 e. The van der Waals surface area contributed by atoms with E-state index >= 15 is 0 Å². The molecule has 0 amide bonds. The molecule has 2 N–H and O–H groups in total. The van der Waals surface area contributed by atoms with Gasteiger partial charge >= 0.3 is 0 Å². The van der Waals surface area contributed by atoms with E-state index in [0.29, 0.717) is 6.42 Å². The number of hydrogen-bond donors (Lipinski definition) is 1. The second-order valence-electron chi connectivity index (χ2n) is 2.98. The first kappa shape index (κ1) is 13.6. The average molecular weight is 229 g/mol. The maximum atomic E-state index is 10.5. The number of non-ortho nitro benzene ring substituents is 1. The van der Waals surface area contributed by atoms with Gasteiger partial charge in [0.15, 0.2) is 0 Å². The highest BCUT2D eigenvalue weighted by molar-refractivity contribution is 5.85.